The van der Waals surface area contributed by atoms with Crippen LogP contribution in [-0.4, -0.2) is 37.0 Å². The molecule has 0 N–H and O–H groups in total. The van der Waals surface area contributed by atoms with Crippen LogP contribution in [0.2, 0.25) is 0 Å². The van der Waals surface area contributed by atoms with Crippen LogP contribution in [0.4, 0.5) is 0 Å². The fraction of sp³-hybridized carbons (Fsp3) is 1.00. The van der Waals surface area contributed by atoms with Gasteiger partial charge in [0.15, 0.2) is 0 Å². The minimum atomic E-state index is 0.450. The molecule has 0 saturated carbocycles. The Morgan fingerprint density at radius 1 is 0.833 bits per heavy atom. The molecule has 0 nitrogen and oxygen atoms in total. The summed E-state index contributed by atoms with van der Waals surface area (Å²) in [5.74, 6) is 0. The van der Waals surface area contributed by atoms with E-state index in [0.717, 1.165) is 0 Å². The monoisotopic (exact) mass is 202 g/mol. The Morgan fingerprint density at radius 2 is 1.25 bits per heavy atom. The van der Waals surface area contributed by atoms with Gasteiger partial charge in [0.1, 0.15) is 0 Å². The summed E-state index contributed by atoms with van der Waals surface area (Å²) in [6, 6.07) is 0. The molecule has 4 unspecified atom stereocenters. The van der Waals surface area contributed by atoms with E-state index in [9.17, 15) is 0 Å². The van der Waals surface area contributed by atoms with E-state index < -0.39 is 0 Å². The lowest BCUT2D eigenvalue weighted by atomic mass is 10.1. The van der Waals surface area contributed by atoms with E-state index >= 15 is 0 Å². The van der Waals surface area contributed by atoms with Crippen molar-refractivity contribution in [3.8, 4) is 0 Å². The van der Waals surface area contributed by atoms with Crippen molar-refractivity contribution in [3.63, 3.8) is 0 Å². The highest BCUT2D eigenvalue weighted by Crippen LogP contribution is 2.59. The van der Waals surface area contributed by atoms with E-state index in [2.05, 4.69) is 13.3 Å². The van der Waals surface area contributed by atoms with Gasteiger partial charge in [0.05, 0.1) is 0 Å². The van der Waals surface area contributed by atoms with Gasteiger partial charge in [-0.3, -0.25) is 0 Å². The van der Waals surface area contributed by atoms with E-state index in [-0.39, 0.29) is 0 Å². The van der Waals surface area contributed by atoms with Crippen molar-refractivity contribution in [1.29, 1.82) is 0 Å². The number of rotatable bonds is 1. The zero-order valence-electron chi connectivity index (χ0n) is 8.29. The first-order valence-electron chi connectivity index (χ1n) is 5.19. The van der Waals surface area contributed by atoms with Gasteiger partial charge in [-0.05, 0) is 62.7 Å². The summed E-state index contributed by atoms with van der Waals surface area (Å²) in [4.78, 5) is 0. The molecule has 2 heterocycles. The van der Waals surface area contributed by atoms with Crippen molar-refractivity contribution in [2.75, 3.05) is 25.7 Å². The van der Waals surface area contributed by atoms with Crippen molar-refractivity contribution in [3.05, 3.63) is 0 Å². The summed E-state index contributed by atoms with van der Waals surface area (Å²) in [5.41, 5.74) is 2.39. The third-order valence-corrected chi connectivity index (χ3v) is 9.38. The molecule has 0 aromatic rings. The topological polar surface area (TPSA) is 0 Å². The second kappa shape index (κ2) is 3.93. The van der Waals surface area contributed by atoms with Crippen molar-refractivity contribution in [1.82, 2.24) is 0 Å². The van der Waals surface area contributed by atoms with Crippen LogP contribution in [0.5, 0.6) is 0 Å². The van der Waals surface area contributed by atoms with E-state index in [4.69, 9.17) is 0 Å². The average molecular weight is 202 g/mol. The van der Waals surface area contributed by atoms with Gasteiger partial charge in [0, 0.05) is 0 Å². The molecule has 2 aliphatic heterocycles. The first kappa shape index (κ1) is 9.42. The second-order valence-corrected chi connectivity index (χ2v) is 9.63. The Hall–Kier alpha value is 0.860. The molecule has 0 aliphatic carbocycles. The van der Waals surface area contributed by atoms with Crippen molar-refractivity contribution < 1.29 is 0 Å². The number of hydrogen-bond acceptors (Lipinski definition) is 0. The van der Waals surface area contributed by atoms with Crippen molar-refractivity contribution >= 4 is 15.8 Å². The Morgan fingerprint density at radius 3 is 1.50 bits per heavy atom. The van der Waals surface area contributed by atoms with Gasteiger partial charge in [0.2, 0.25) is 0 Å². The van der Waals surface area contributed by atoms with Crippen LogP contribution < -0.4 is 0 Å². The summed E-state index contributed by atoms with van der Waals surface area (Å²) < 4.78 is 0. The summed E-state index contributed by atoms with van der Waals surface area (Å²) in [6.07, 6.45) is 9.43. The van der Waals surface area contributed by atoms with Crippen molar-refractivity contribution in [2.45, 2.75) is 37.0 Å². The largest absolute Gasteiger partial charge is 0.106 e. The molecule has 0 radical (unpaired) electrons. The van der Waals surface area contributed by atoms with Gasteiger partial charge in [-0.15, -0.1) is 15.8 Å². The van der Waals surface area contributed by atoms with Crippen molar-refractivity contribution in [2.24, 2.45) is 0 Å². The van der Waals surface area contributed by atoms with Gasteiger partial charge in [0.25, 0.3) is 0 Å². The predicted molar refractivity (Wildman–Crippen MR) is 61.5 cm³/mol. The van der Waals surface area contributed by atoms with E-state index in [0.29, 0.717) is 15.8 Å². The minimum Gasteiger partial charge on any atom is -0.106 e. The maximum absolute atomic E-state index is 2.55. The van der Waals surface area contributed by atoms with Crippen LogP contribution in [0.25, 0.3) is 0 Å². The third-order valence-electron chi connectivity index (χ3n) is 3.60. The summed E-state index contributed by atoms with van der Waals surface area (Å²) in [6.45, 7) is 5.10. The molecule has 4 atom stereocenters. The molecule has 0 spiro atoms. The summed E-state index contributed by atoms with van der Waals surface area (Å²) in [5, 5.41) is 0. The van der Waals surface area contributed by atoms with Gasteiger partial charge >= 0.3 is 0 Å². The highest BCUT2D eigenvalue weighted by Gasteiger charge is 2.35. The van der Waals surface area contributed by atoms with Crippen LogP contribution >= 0.6 is 15.8 Å². The zero-order valence-corrected chi connectivity index (χ0v) is 10.1. The van der Waals surface area contributed by atoms with E-state index in [1.807, 2.05) is 0 Å². The van der Waals surface area contributed by atoms with Crippen LogP contribution in [0.15, 0.2) is 0 Å². The molecule has 0 amide bonds. The molecule has 2 rings (SSSR count). The lowest BCUT2D eigenvalue weighted by Gasteiger charge is -2.26. The predicted octanol–water partition coefficient (Wildman–Crippen LogP) is 3.53. The highest BCUT2D eigenvalue weighted by molar-refractivity contribution is 7.62. The Labute approximate surface area is 79.0 Å². The lowest BCUT2D eigenvalue weighted by molar-refractivity contribution is 0.696. The molecule has 12 heavy (non-hydrogen) atoms. The normalized spacial score (nSPS) is 48.5. The SMILES string of the molecule is CP1CCCC1C1CCCP1C. The standard InChI is InChI=1S/C10H20P2/c1-11-7-3-5-9(11)10-6-4-8-12(10)2/h9-10H,3-8H2,1-2H3. The molecule has 2 aliphatic rings. The Bertz CT molecular complexity index is 140. The quantitative estimate of drug-likeness (QED) is 0.570. The summed E-state index contributed by atoms with van der Waals surface area (Å²) >= 11 is 0. The molecule has 2 saturated heterocycles. The van der Waals surface area contributed by atoms with Gasteiger partial charge in [-0.1, -0.05) is 0 Å². The van der Waals surface area contributed by atoms with Crippen LogP contribution in [0.1, 0.15) is 25.7 Å². The smallest absolute Gasteiger partial charge is 0.0144 e. The molecular weight excluding hydrogens is 182 g/mol. The fourth-order valence-electron chi connectivity index (χ4n) is 2.84. The molecular formula is C10H20P2. The molecule has 0 aromatic heterocycles. The van der Waals surface area contributed by atoms with Crippen LogP contribution in [0, 0.1) is 0 Å². The molecule has 0 bridgehead atoms. The van der Waals surface area contributed by atoms with Gasteiger partial charge in [-0.25, -0.2) is 0 Å². The molecule has 2 heteroatoms. The Balaban J connectivity index is 1.98. The molecule has 70 valence electrons. The summed E-state index contributed by atoms with van der Waals surface area (Å²) in [7, 11) is 0.900. The van der Waals surface area contributed by atoms with Gasteiger partial charge < -0.3 is 0 Å². The van der Waals surface area contributed by atoms with Crippen LogP contribution in [0.3, 0.4) is 0 Å². The first-order chi connectivity index (χ1) is 5.79. The zero-order chi connectivity index (χ0) is 8.55. The highest BCUT2D eigenvalue weighted by atomic mass is 31.1. The molecule has 2 fully saturated rings. The molecule has 0 aromatic carbocycles. The maximum atomic E-state index is 2.55. The second-order valence-electron chi connectivity index (χ2n) is 4.38. The first-order valence-corrected chi connectivity index (χ1v) is 9.28. The van der Waals surface area contributed by atoms with E-state index in [1.54, 1.807) is 38.0 Å². The van der Waals surface area contributed by atoms with E-state index in [1.165, 1.54) is 11.3 Å². The minimum absolute atomic E-state index is 0.450. The lowest BCUT2D eigenvalue weighted by Crippen LogP contribution is -2.16. The maximum Gasteiger partial charge on any atom is -0.0144 e. The number of hydrogen-bond donors (Lipinski definition) is 0. The Kier molecular flexibility index (Phi) is 3.09. The van der Waals surface area contributed by atoms with Gasteiger partial charge in [-0.2, -0.15) is 0 Å². The fourth-order valence-corrected chi connectivity index (χ4v) is 8.96. The van der Waals surface area contributed by atoms with Crippen LogP contribution in [-0.2, 0) is 0 Å². The average Bonchev–Trinajstić information content (AvgIpc) is 2.59. The third kappa shape index (κ3) is 1.71.